The molecule has 1 aliphatic carbocycles. The van der Waals surface area contributed by atoms with E-state index in [1.54, 1.807) is 13.8 Å². The largest absolute Gasteiger partial charge is 0.490 e. The monoisotopic (exact) mass is 424 g/mol. The van der Waals surface area contributed by atoms with Gasteiger partial charge < -0.3 is 14.8 Å². The Labute approximate surface area is 173 Å². The second kappa shape index (κ2) is 9.91. The fourth-order valence-corrected chi connectivity index (χ4v) is 4.66. The van der Waals surface area contributed by atoms with E-state index < -0.39 is 15.3 Å². The Hall–Kier alpha value is -1.64. The number of benzene rings is 1. The molecule has 7 nitrogen and oxygen atoms in total. The van der Waals surface area contributed by atoms with Crippen molar-refractivity contribution in [2.75, 3.05) is 18.5 Å². The Morgan fingerprint density at radius 3 is 2.24 bits per heavy atom. The molecule has 162 valence electrons. The Morgan fingerprint density at radius 2 is 1.66 bits per heavy atom. The normalized spacial score (nSPS) is 23.7. The maximum Gasteiger partial charge on any atom is 0.227 e. The van der Waals surface area contributed by atoms with E-state index in [1.165, 1.54) is 0 Å². The second-order valence-corrected chi connectivity index (χ2v) is 10.5. The van der Waals surface area contributed by atoms with Crippen LogP contribution in [0.2, 0.25) is 0 Å². The number of anilines is 1. The van der Waals surface area contributed by atoms with Crippen molar-refractivity contribution >= 4 is 21.6 Å². The first-order valence-corrected chi connectivity index (χ1v) is 12.0. The van der Waals surface area contributed by atoms with Crippen LogP contribution < -0.4 is 14.8 Å². The van der Waals surface area contributed by atoms with Crippen molar-refractivity contribution in [3.63, 3.8) is 0 Å². The van der Waals surface area contributed by atoms with Crippen LogP contribution in [0.15, 0.2) is 24.3 Å². The molecule has 0 spiro atoms. The van der Waals surface area contributed by atoms with Crippen LogP contribution in [0.25, 0.3) is 0 Å². The van der Waals surface area contributed by atoms with Gasteiger partial charge in [-0.2, -0.15) is 0 Å². The van der Waals surface area contributed by atoms with E-state index in [0.717, 1.165) is 37.5 Å². The molecule has 1 amide bonds. The minimum absolute atomic E-state index is 0.00624. The van der Waals surface area contributed by atoms with Crippen molar-refractivity contribution in [1.82, 2.24) is 4.72 Å². The molecule has 1 saturated carbocycles. The zero-order chi connectivity index (χ0) is 20.9. The third-order valence-electron chi connectivity index (χ3n) is 5.64. The van der Waals surface area contributed by atoms with E-state index in [-0.39, 0.29) is 24.0 Å². The predicted molar refractivity (Wildman–Crippen MR) is 112 cm³/mol. The zero-order valence-electron chi connectivity index (χ0n) is 17.2. The second-order valence-electron chi connectivity index (χ2n) is 8.20. The highest BCUT2D eigenvalue weighted by atomic mass is 32.2. The molecule has 2 aliphatic rings. The molecule has 0 radical (unpaired) electrons. The third-order valence-corrected chi connectivity index (χ3v) is 7.55. The molecule has 1 aromatic carbocycles. The average molecular weight is 425 g/mol. The Kier molecular flexibility index (Phi) is 7.54. The first-order chi connectivity index (χ1) is 13.8. The fourth-order valence-electron chi connectivity index (χ4n) is 3.69. The molecule has 0 aromatic heterocycles. The van der Waals surface area contributed by atoms with Gasteiger partial charge in [0, 0.05) is 30.5 Å². The molecule has 3 rings (SSSR count). The molecule has 1 saturated heterocycles. The van der Waals surface area contributed by atoms with E-state index >= 15 is 0 Å². The smallest absolute Gasteiger partial charge is 0.227 e. The zero-order valence-corrected chi connectivity index (χ0v) is 18.0. The molecule has 0 atom stereocenters. The number of hydrogen-bond acceptors (Lipinski definition) is 5. The van der Waals surface area contributed by atoms with Crippen molar-refractivity contribution in [3.8, 4) is 5.75 Å². The van der Waals surface area contributed by atoms with Gasteiger partial charge >= 0.3 is 0 Å². The Bertz CT molecular complexity index is 765. The fraction of sp³-hybridized carbons (Fsp3) is 0.667. The maximum atomic E-state index is 12.6. The molecule has 8 heteroatoms. The first-order valence-electron chi connectivity index (χ1n) is 10.5. The van der Waals surface area contributed by atoms with Gasteiger partial charge in [0.25, 0.3) is 0 Å². The van der Waals surface area contributed by atoms with E-state index in [4.69, 9.17) is 9.47 Å². The average Bonchev–Trinajstić information content (AvgIpc) is 2.70. The molecule has 1 aromatic rings. The molecular formula is C21H32N2O5S. The van der Waals surface area contributed by atoms with Gasteiger partial charge in [0.1, 0.15) is 11.9 Å². The third kappa shape index (κ3) is 6.42. The van der Waals surface area contributed by atoms with Gasteiger partial charge in [0.2, 0.25) is 15.9 Å². The van der Waals surface area contributed by atoms with Gasteiger partial charge in [0.05, 0.1) is 18.5 Å². The molecule has 2 fully saturated rings. The van der Waals surface area contributed by atoms with Gasteiger partial charge in [-0.1, -0.05) is 0 Å². The highest BCUT2D eigenvalue weighted by molar-refractivity contribution is 7.90. The van der Waals surface area contributed by atoms with Crippen LogP contribution in [-0.4, -0.2) is 44.9 Å². The number of amides is 1. The molecule has 0 unspecified atom stereocenters. The number of carbonyl (C=O) groups excluding carboxylic acids is 1. The van der Waals surface area contributed by atoms with E-state index in [9.17, 15) is 13.2 Å². The van der Waals surface area contributed by atoms with E-state index in [0.29, 0.717) is 25.7 Å². The number of ether oxygens (including phenoxy) is 2. The van der Waals surface area contributed by atoms with E-state index in [1.807, 2.05) is 24.3 Å². The summed E-state index contributed by atoms with van der Waals surface area (Å²) >= 11 is 0. The van der Waals surface area contributed by atoms with Crippen molar-refractivity contribution in [1.29, 1.82) is 0 Å². The number of nitrogens with one attached hydrogen (secondary N) is 2. The van der Waals surface area contributed by atoms with Crippen molar-refractivity contribution in [3.05, 3.63) is 24.3 Å². The first kappa shape index (κ1) is 22.1. The summed E-state index contributed by atoms with van der Waals surface area (Å²) in [6.45, 7) is 4.81. The lowest BCUT2D eigenvalue weighted by Gasteiger charge is -2.28. The number of hydrogen-bond donors (Lipinski definition) is 2. The van der Waals surface area contributed by atoms with Crippen molar-refractivity contribution < 1.29 is 22.7 Å². The molecular weight excluding hydrogens is 392 g/mol. The van der Waals surface area contributed by atoms with Crippen LogP contribution in [0.1, 0.15) is 52.4 Å². The van der Waals surface area contributed by atoms with Crippen molar-refractivity contribution in [2.24, 2.45) is 5.92 Å². The van der Waals surface area contributed by atoms with Crippen LogP contribution in [-0.2, 0) is 19.6 Å². The standard InChI is InChI=1S/C21H32N2O5S/c1-15(2)29(25,26)23-18-5-3-16(4-6-18)21(24)22-17-7-9-19(10-8-17)28-20-11-13-27-14-12-20/h7-10,15-16,18,20,23H,3-6,11-14H2,1-2H3,(H,22,24)/t16-,18-. The SMILES string of the molecule is CC(C)S(=O)(=O)N[C@H]1CC[C@H](C(=O)Nc2ccc(OC3CCOCC3)cc2)CC1. The molecule has 0 bridgehead atoms. The van der Waals surface area contributed by atoms with Crippen LogP contribution in [0.4, 0.5) is 5.69 Å². The number of carbonyl (C=O) groups is 1. The van der Waals surface area contributed by atoms with Gasteiger partial charge in [-0.05, 0) is 63.8 Å². The predicted octanol–water partition coefficient (Wildman–Crippen LogP) is 3.07. The van der Waals surface area contributed by atoms with Gasteiger partial charge in [-0.15, -0.1) is 0 Å². The quantitative estimate of drug-likeness (QED) is 0.702. The summed E-state index contributed by atoms with van der Waals surface area (Å²) in [7, 11) is -3.27. The van der Waals surface area contributed by atoms with Crippen LogP contribution in [0, 0.1) is 5.92 Å². The maximum absolute atomic E-state index is 12.6. The number of sulfonamides is 1. The topological polar surface area (TPSA) is 93.7 Å². The van der Waals surface area contributed by atoms with Crippen LogP contribution in [0.5, 0.6) is 5.75 Å². The Morgan fingerprint density at radius 1 is 1.03 bits per heavy atom. The molecule has 1 heterocycles. The summed E-state index contributed by atoms with van der Waals surface area (Å²) < 4.78 is 38.1. The molecule has 2 N–H and O–H groups in total. The Balaban J connectivity index is 1.44. The number of rotatable bonds is 7. The van der Waals surface area contributed by atoms with Gasteiger partial charge in [-0.25, -0.2) is 13.1 Å². The highest BCUT2D eigenvalue weighted by Crippen LogP contribution is 2.27. The summed E-state index contributed by atoms with van der Waals surface area (Å²) in [5, 5.41) is 2.53. The summed E-state index contributed by atoms with van der Waals surface area (Å²) in [5.74, 6) is 0.703. The highest BCUT2D eigenvalue weighted by Gasteiger charge is 2.29. The lowest BCUT2D eigenvalue weighted by molar-refractivity contribution is -0.120. The van der Waals surface area contributed by atoms with Crippen LogP contribution >= 0.6 is 0 Å². The lowest BCUT2D eigenvalue weighted by Crippen LogP contribution is -2.42. The van der Waals surface area contributed by atoms with E-state index in [2.05, 4.69) is 10.0 Å². The van der Waals surface area contributed by atoms with Crippen LogP contribution in [0.3, 0.4) is 0 Å². The minimum Gasteiger partial charge on any atom is -0.490 e. The summed E-state index contributed by atoms with van der Waals surface area (Å²) in [6.07, 6.45) is 4.71. The molecule has 1 aliphatic heterocycles. The summed E-state index contributed by atoms with van der Waals surface area (Å²) in [4.78, 5) is 12.6. The molecule has 29 heavy (non-hydrogen) atoms. The van der Waals surface area contributed by atoms with Crippen molar-refractivity contribution in [2.45, 2.75) is 69.8 Å². The lowest BCUT2D eigenvalue weighted by atomic mass is 9.86. The summed E-state index contributed by atoms with van der Waals surface area (Å²) in [5.41, 5.74) is 0.747. The van der Waals surface area contributed by atoms with Gasteiger partial charge in [-0.3, -0.25) is 4.79 Å². The van der Waals surface area contributed by atoms with Gasteiger partial charge in [0.15, 0.2) is 0 Å². The summed E-state index contributed by atoms with van der Waals surface area (Å²) in [6, 6.07) is 7.39. The minimum atomic E-state index is -3.27.